The zero-order valence-corrected chi connectivity index (χ0v) is 14.7. The Hall–Kier alpha value is -2.20. The van der Waals surface area contributed by atoms with Gasteiger partial charge in [-0.05, 0) is 45.0 Å². The van der Waals surface area contributed by atoms with Gasteiger partial charge < -0.3 is 19.5 Å². The molecule has 0 radical (unpaired) electrons. The van der Waals surface area contributed by atoms with Gasteiger partial charge in [0.15, 0.2) is 0 Å². The normalized spacial score (nSPS) is 11.8. The van der Waals surface area contributed by atoms with Crippen molar-refractivity contribution in [1.82, 2.24) is 0 Å². The Kier molecular flexibility index (Phi) is 7.43. The molecule has 2 aromatic rings. The van der Waals surface area contributed by atoms with Crippen LogP contribution in [0.1, 0.15) is 19.4 Å². The van der Waals surface area contributed by atoms with Crippen LogP contribution in [0.3, 0.4) is 0 Å². The molecule has 0 heterocycles. The second-order valence-electron chi connectivity index (χ2n) is 5.66. The number of benzene rings is 2. The topological polar surface area (TPSA) is 39.7 Å². The SMILES string of the molecule is CCOCCOc1ccccc1NCC(C)Oc1ccc(C)cc1. The summed E-state index contributed by atoms with van der Waals surface area (Å²) < 4.78 is 17.0. The van der Waals surface area contributed by atoms with Gasteiger partial charge in [0.2, 0.25) is 0 Å². The predicted octanol–water partition coefficient (Wildman–Crippen LogP) is 4.29. The summed E-state index contributed by atoms with van der Waals surface area (Å²) in [4.78, 5) is 0. The van der Waals surface area contributed by atoms with Crippen LogP contribution in [0.15, 0.2) is 48.5 Å². The first kappa shape index (κ1) is 18.1. The number of hydrogen-bond donors (Lipinski definition) is 1. The van der Waals surface area contributed by atoms with Crippen LogP contribution in [-0.4, -0.2) is 32.5 Å². The summed E-state index contributed by atoms with van der Waals surface area (Å²) in [6.45, 7) is 8.63. The maximum Gasteiger partial charge on any atom is 0.142 e. The number of anilines is 1. The van der Waals surface area contributed by atoms with E-state index in [2.05, 4.69) is 24.4 Å². The average molecular weight is 329 g/mol. The van der Waals surface area contributed by atoms with Crippen LogP contribution in [0.25, 0.3) is 0 Å². The lowest BCUT2D eigenvalue weighted by Crippen LogP contribution is -2.23. The smallest absolute Gasteiger partial charge is 0.142 e. The Morgan fingerprint density at radius 2 is 1.75 bits per heavy atom. The van der Waals surface area contributed by atoms with Crippen molar-refractivity contribution in [1.29, 1.82) is 0 Å². The Balaban J connectivity index is 1.83. The van der Waals surface area contributed by atoms with Crippen molar-refractivity contribution >= 4 is 5.69 Å². The highest BCUT2D eigenvalue weighted by molar-refractivity contribution is 5.56. The van der Waals surface area contributed by atoms with Crippen molar-refractivity contribution in [2.24, 2.45) is 0 Å². The van der Waals surface area contributed by atoms with Crippen LogP contribution in [0.4, 0.5) is 5.69 Å². The van der Waals surface area contributed by atoms with E-state index in [1.165, 1.54) is 5.56 Å². The summed E-state index contributed by atoms with van der Waals surface area (Å²) in [7, 11) is 0. The molecule has 0 aliphatic rings. The molecule has 24 heavy (non-hydrogen) atoms. The lowest BCUT2D eigenvalue weighted by atomic mass is 10.2. The van der Waals surface area contributed by atoms with E-state index in [0.29, 0.717) is 26.4 Å². The molecule has 1 N–H and O–H groups in total. The first-order valence-corrected chi connectivity index (χ1v) is 8.45. The van der Waals surface area contributed by atoms with Crippen molar-refractivity contribution in [2.75, 3.05) is 31.7 Å². The summed E-state index contributed by atoms with van der Waals surface area (Å²) in [5.41, 5.74) is 2.19. The Morgan fingerprint density at radius 3 is 2.50 bits per heavy atom. The highest BCUT2D eigenvalue weighted by Crippen LogP contribution is 2.24. The standard InChI is InChI=1S/C20H27NO3/c1-4-22-13-14-23-20-8-6-5-7-19(20)21-15-17(3)24-18-11-9-16(2)10-12-18/h5-12,17,21H,4,13-15H2,1-3H3. The van der Waals surface area contributed by atoms with Crippen LogP contribution >= 0.6 is 0 Å². The van der Waals surface area contributed by atoms with Crippen LogP contribution in [0.5, 0.6) is 11.5 Å². The van der Waals surface area contributed by atoms with E-state index in [-0.39, 0.29) is 6.10 Å². The van der Waals surface area contributed by atoms with Gasteiger partial charge in [-0.15, -0.1) is 0 Å². The fraction of sp³-hybridized carbons (Fsp3) is 0.400. The molecule has 1 atom stereocenters. The van der Waals surface area contributed by atoms with Gasteiger partial charge in [-0.3, -0.25) is 0 Å². The van der Waals surface area contributed by atoms with E-state index in [9.17, 15) is 0 Å². The summed E-state index contributed by atoms with van der Waals surface area (Å²) in [6.07, 6.45) is 0.0455. The largest absolute Gasteiger partial charge is 0.489 e. The molecule has 4 nitrogen and oxygen atoms in total. The molecule has 0 aromatic heterocycles. The maximum atomic E-state index is 5.92. The van der Waals surface area contributed by atoms with Crippen LogP contribution in [0.2, 0.25) is 0 Å². The predicted molar refractivity (Wildman–Crippen MR) is 98.2 cm³/mol. The second-order valence-corrected chi connectivity index (χ2v) is 5.66. The number of nitrogens with one attached hydrogen (secondary N) is 1. The molecular weight excluding hydrogens is 302 g/mol. The molecule has 2 rings (SSSR count). The number of hydrogen-bond acceptors (Lipinski definition) is 4. The summed E-state index contributed by atoms with van der Waals surface area (Å²) >= 11 is 0. The number of para-hydroxylation sites is 2. The van der Waals surface area contributed by atoms with Gasteiger partial charge in [0.05, 0.1) is 18.8 Å². The first-order chi connectivity index (χ1) is 11.7. The minimum absolute atomic E-state index is 0.0455. The first-order valence-electron chi connectivity index (χ1n) is 8.45. The lowest BCUT2D eigenvalue weighted by molar-refractivity contribution is 0.110. The lowest BCUT2D eigenvalue weighted by Gasteiger charge is -2.18. The van der Waals surface area contributed by atoms with Crippen LogP contribution < -0.4 is 14.8 Å². The molecular formula is C20H27NO3. The van der Waals surface area contributed by atoms with Gasteiger partial charge in [0.25, 0.3) is 0 Å². The third-order valence-corrected chi connectivity index (χ3v) is 3.51. The Morgan fingerprint density at radius 1 is 1.00 bits per heavy atom. The highest BCUT2D eigenvalue weighted by Gasteiger charge is 2.07. The van der Waals surface area contributed by atoms with Gasteiger partial charge in [-0.25, -0.2) is 0 Å². The van der Waals surface area contributed by atoms with E-state index in [4.69, 9.17) is 14.2 Å². The molecule has 0 aliphatic carbocycles. The quantitative estimate of drug-likeness (QED) is 0.660. The molecule has 0 spiro atoms. The fourth-order valence-corrected chi connectivity index (χ4v) is 2.24. The molecule has 0 bridgehead atoms. The van der Waals surface area contributed by atoms with Crippen molar-refractivity contribution < 1.29 is 14.2 Å². The second kappa shape index (κ2) is 9.83. The van der Waals surface area contributed by atoms with Crippen molar-refractivity contribution in [3.05, 3.63) is 54.1 Å². The van der Waals surface area contributed by atoms with Gasteiger partial charge in [0, 0.05) is 6.61 Å². The molecule has 4 heteroatoms. The number of ether oxygens (including phenoxy) is 3. The molecule has 1 unspecified atom stereocenters. The van der Waals surface area contributed by atoms with Gasteiger partial charge in [-0.2, -0.15) is 0 Å². The van der Waals surface area contributed by atoms with Crippen LogP contribution in [0, 0.1) is 6.92 Å². The third kappa shape index (κ3) is 6.13. The number of rotatable bonds is 10. The number of aryl methyl sites for hydroxylation is 1. The summed E-state index contributed by atoms with van der Waals surface area (Å²) in [5.74, 6) is 1.72. The van der Waals surface area contributed by atoms with E-state index < -0.39 is 0 Å². The van der Waals surface area contributed by atoms with Gasteiger partial charge in [-0.1, -0.05) is 29.8 Å². The average Bonchev–Trinajstić information content (AvgIpc) is 2.60. The third-order valence-electron chi connectivity index (χ3n) is 3.51. The van der Waals surface area contributed by atoms with E-state index >= 15 is 0 Å². The zero-order valence-electron chi connectivity index (χ0n) is 14.7. The molecule has 2 aromatic carbocycles. The van der Waals surface area contributed by atoms with Gasteiger partial charge in [0.1, 0.15) is 24.2 Å². The summed E-state index contributed by atoms with van der Waals surface area (Å²) in [5, 5.41) is 3.39. The zero-order chi connectivity index (χ0) is 17.2. The van der Waals surface area contributed by atoms with Crippen LogP contribution in [-0.2, 0) is 4.74 Å². The van der Waals surface area contributed by atoms with E-state index in [1.807, 2.05) is 50.2 Å². The molecule has 0 aliphatic heterocycles. The summed E-state index contributed by atoms with van der Waals surface area (Å²) in [6, 6.07) is 16.0. The van der Waals surface area contributed by atoms with E-state index in [0.717, 1.165) is 17.2 Å². The van der Waals surface area contributed by atoms with Gasteiger partial charge >= 0.3 is 0 Å². The molecule has 130 valence electrons. The minimum Gasteiger partial charge on any atom is -0.489 e. The molecule has 0 saturated heterocycles. The molecule has 0 fully saturated rings. The van der Waals surface area contributed by atoms with Crippen molar-refractivity contribution in [3.8, 4) is 11.5 Å². The molecule has 0 amide bonds. The Bertz CT molecular complexity index is 598. The minimum atomic E-state index is 0.0455. The van der Waals surface area contributed by atoms with Crippen molar-refractivity contribution in [2.45, 2.75) is 26.9 Å². The maximum absolute atomic E-state index is 5.92. The highest BCUT2D eigenvalue weighted by atomic mass is 16.5. The fourth-order valence-electron chi connectivity index (χ4n) is 2.24. The monoisotopic (exact) mass is 329 g/mol. The van der Waals surface area contributed by atoms with Crippen molar-refractivity contribution in [3.63, 3.8) is 0 Å². The Labute approximate surface area is 144 Å². The molecule has 0 saturated carbocycles. The van der Waals surface area contributed by atoms with E-state index in [1.54, 1.807) is 0 Å².